The Morgan fingerprint density at radius 3 is 2.33 bits per heavy atom. The highest BCUT2D eigenvalue weighted by Gasteiger charge is 2.26. The Morgan fingerprint density at radius 1 is 0.917 bits per heavy atom. The van der Waals surface area contributed by atoms with E-state index in [0.29, 0.717) is 18.7 Å². The first kappa shape index (κ1) is 16.9. The van der Waals surface area contributed by atoms with E-state index in [0.717, 1.165) is 24.8 Å². The quantitative estimate of drug-likeness (QED) is 0.783. The highest BCUT2D eigenvalue weighted by Crippen LogP contribution is 2.22. The minimum atomic E-state index is -3.51. The smallest absolute Gasteiger partial charge is 0.243 e. The molecule has 2 aromatic rings. The molecule has 1 fully saturated rings. The number of ketones is 1. The average molecular weight is 343 g/mol. The van der Waals surface area contributed by atoms with Crippen LogP contribution in [0.25, 0.3) is 0 Å². The number of carbonyl (C=O) groups is 1. The van der Waals surface area contributed by atoms with E-state index in [9.17, 15) is 13.2 Å². The Balaban J connectivity index is 1.82. The van der Waals surface area contributed by atoms with E-state index in [2.05, 4.69) is 0 Å². The molecule has 3 rings (SSSR count). The molecule has 0 amide bonds. The number of carbonyl (C=O) groups excluding carboxylic acids is 1. The standard InChI is InChI=1S/C19H21NO3S/c21-19(14-16-8-3-1-4-9-16)17-10-7-11-18(15-17)24(22,23)20-12-5-2-6-13-20/h1,3-4,7-11,15H,2,5-6,12-14H2. The van der Waals surface area contributed by atoms with E-state index in [-0.39, 0.29) is 17.1 Å². The number of benzene rings is 2. The molecule has 1 aliphatic heterocycles. The second-order valence-corrected chi connectivity index (χ2v) is 8.02. The summed E-state index contributed by atoms with van der Waals surface area (Å²) in [7, 11) is -3.51. The van der Waals surface area contributed by atoms with E-state index in [1.54, 1.807) is 18.2 Å². The average Bonchev–Trinajstić information content (AvgIpc) is 2.63. The lowest BCUT2D eigenvalue weighted by atomic mass is 10.0. The Bertz CT molecular complexity index is 810. The third-order valence-electron chi connectivity index (χ3n) is 4.32. The summed E-state index contributed by atoms with van der Waals surface area (Å²) in [5.41, 5.74) is 1.36. The van der Waals surface area contributed by atoms with Gasteiger partial charge in [0.2, 0.25) is 10.0 Å². The van der Waals surface area contributed by atoms with Crippen molar-refractivity contribution in [3.8, 4) is 0 Å². The molecule has 0 aromatic heterocycles. The Morgan fingerprint density at radius 2 is 1.62 bits per heavy atom. The lowest BCUT2D eigenvalue weighted by molar-refractivity contribution is 0.0993. The predicted molar refractivity (Wildman–Crippen MR) is 93.5 cm³/mol. The van der Waals surface area contributed by atoms with Crippen LogP contribution in [-0.4, -0.2) is 31.6 Å². The van der Waals surface area contributed by atoms with Gasteiger partial charge in [0.15, 0.2) is 5.78 Å². The van der Waals surface area contributed by atoms with Crippen molar-refractivity contribution in [3.05, 3.63) is 65.7 Å². The first-order valence-electron chi connectivity index (χ1n) is 8.25. The Labute approximate surface area is 143 Å². The zero-order chi connectivity index (χ0) is 17.0. The van der Waals surface area contributed by atoms with Crippen molar-refractivity contribution in [1.82, 2.24) is 4.31 Å². The Kier molecular flexibility index (Phi) is 5.11. The van der Waals surface area contributed by atoms with Crippen molar-refractivity contribution in [2.75, 3.05) is 13.1 Å². The number of hydrogen-bond donors (Lipinski definition) is 0. The van der Waals surface area contributed by atoms with E-state index < -0.39 is 10.0 Å². The maximum absolute atomic E-state index is 12.7. The SMILES string of the molecule is O=C(Cc1ccccc1)c1cccc(S(=O)(=O)N2CCCCC2)c1. The molecule has 24 heavy (non-hydrogen) atoms. The summed E-state index contributed by atoms with van der Waals surface area (Å²) in [6.45, 7) is 1.12. The van der Waals surface area contributed by atoms with Crippen molar-refractivity contribution >= 4 is 15.8 Å². The molecule has 0 atom stereocenters. The fraction of sp³-hybridized carbons (Fsp3) is 0.316. The zero-order valence-electron chi connectivity index (χ0n) is 13.5. The van der Waals surface area contributed by atoms with Crippen LogP contribution >= 0.6 is 0 Å². The summed E-state index contributed by atoms with van der Waals surface area (Å²) in [5.74, 6) is -0.0723. The van der Waals surface area contributed by atoms with Gasteiger partial charge in [-0.25, -0.2) is 8.42 Å². The van der Waals surface area contributed by atoms with Gasteiger partial charge in [0.05, 0.1) is 4.90 Å². The van der Waals surface area contributed by atoms with Crippen LogP contribution in [0.1, 0.15) is 35.2 Å². The van der Waals surface area contributed by atoms with Gasteiger partial charge in [-0.2, -0.15) is 4.31 Å². The van der Waals surface area contributed by atoms with Crippen LogP contribution in [0.2, 0.25) is 0 Å². The topological polar surface area (TPSA) is 54.5 Å². The van der Waals surface area contributed by atoms with Gasteiger partial charge in [-0.1, -0.05) is 48.9 Å². The molecular weight excluding hydrogens is 322 g/mol. The molecule has 1 heterocycles. The number of sulfonamides is 1. The van der Waals surface area contributed by atoms with Gasteiger partial charge in [-0.05, 0) is 30.5 Å². The van der Waals surface area contributed by atoms with E-state index in [1.165, 1.54) is 10.4 Å². The van der Waals surface area contributed by atoms with Crippen LogP contribution in [0.15, 0.2) is 59.5 Å². The van der Waals surface area contributed by atoms with Crippen molar-refractivity contribution in [1.29, 1.82) is 0 Å². The van der Waals surface area contributed by atoms with Crippen molar-refractivity contribution in [2.24, 2.45) is 0 Å². The fourth-order valence-electron chi connectivity index (χ4n) is 2.97. The monoisotopic (exact) mass is 343 g/mol. The predicted octanol–water partition coefficient (Wildman–Crippen LogP) is 3.29. The molecule has 2 aromatic carbocycles. The number of Topliss-reactive ketones (excluding diaryl/α,β-unsaturated/α-hetero) is 1. The number of piperidine rings is 1. The first-order chi connectivity index (χ1) is 11.6. The second kappa shape index (κ2) is 7.28. The molecule has 0 saturated carbocycles. The minimum absolute atomic E-state index is 0.0723. The number of nitrogens with zero attached hydrogens (tertiary/aromatic N) is 1. The van der Waals surface area contributed by atoms with Crippen molar-refractivity contribution in [3.63, 3.8) is 0 Å². The maximum Gasteiger partial charge on any atom is 0.243 e. The third kappa shape index (κ3) is 3.74. The van der Waals surface area contributed by atoms with Crippen LogP contribution in [0.3, 0.4) is 0 Å². The van der Waals surface area contributed by atoms with Gasteiger partial charge >= 0.3 is 0 Å². The molecule has 0 unspecified atom stereocenters. The highest BCUT2D eigenvalue weighted by molar-refractivity contribution is 7.89. The van der Waals surface area contributed by atoms with Gasteiger partial charge in [0.25, 0.3) is 0 Å². The van der Waals surface area contributed by atoms with Gasteiger partial charge in [0.1, 0.15) is 0 Å². The normalized spacial score (nSPS) is 16.0. The molecule has 0 spiro atoms. The summed E-state index contributed by atoms with van der Waals surface area (Å²) in [6.07, 6.45) is 3.13. The summed E-state index contributed by atoms with van der Waals surface area (Å²) in [6, 6.07) is 15.9. The van der Waals surface area contributed by atoms with Crippen molar-refractivity contribution in [2.45, 2.75) is 30.6 Å². The molecule has 4 nitrogen and oxygen atoms in total. The summed E-state index contributed by atoms with van der Waals surface area (Å²) in [4.78, 5) is 12.7. The maximum atomic E-state index is 12.7. The molecule has 1 aliphatic rings. The number of rotatable bonds is 5. The van der Waals surface area contributed by atoms with Gasteiger partial charge in [-0.3, -0.25) is 4.79 Å². The molecular formula is C19H21NO3S. The van der Waals surface area contributed by atoms with Gasteiger partial charge < -0.3 is 0 Å². The van der Waals surface area contributed by atoms with Crippen LogP contribution < -0.4 is 0 Å². The second-order valence-electron chi connectivity index (χ2n) is 6.08. The molecule has 0 bridgehead atoms. The molecule has 0 aliphatic carbocycles. The summed E-state index contributed by atoms with van der Waals surface area (Å²) < 4.78 is 27.0. The molecule has 0 N–H and O–H groups in total. The molecule has 5 heteroatoms. The molecule has 0 radical (unpaired) electrons. The van der Waals surface area contributed by atoms with E-state index in [1.807, 2.05) is 30.3 Å². The lowest BCUT2D eigenvalue weighted by Gasteiger charge is -2.26. The largest absolute Gasteiger partial charge is 0.294 e. The fourth-order valence-corrected chi connectivity index (χ4v) is 4.53. The van der Waals surface area contributed by atoms with Crippen LogP contribution in [0.4, 0.5) is 0 Å². The Hall–Kier alpha value is -1.98. The van der Waals surface area contributed by atoms with Crippen LogP contribution in [-0.2, 0) is 16.4 Å². The van der Waals surface area contributed by atoms with Crippen molar-refractivity contribution < 1.29 is 13.2 Å². The minimum Gasteiger partial charge on any atom is -0.294 e. The van der Waals surface area contributed by atoms with E-state index >= 15 is 0 Å². The summed E-state index contributed by atoms with van der Waals surface area (Å²) in [5, 5.41) is 0. The van der Waals surface area contributed by atoms with Gasteiger partial charge in [0, 0.05) is 25.1 Å². The van der Waals surface area contributed by atoms with Gasteiger partial charge in [-0.15, -0.1) is 0 Å². The third-order valence-corrected chi connectivity index (χ3v) is 6.21. The van der Waals surface area contributed by atoms with E-state index in [4.69, 9.17) is 0 Å². The number of hydrogen-bond acceptors (Lipinski definition) is 3. The summed E-state index contributed by atoms with van der Waals surface area (Å²) >= 11 is 0. The highest BCUT2D eigenvalue weighted by atomic mass is 32.2. The zero-order valence-corrected chi connectivity index (χ0v) is 14.3. The van der Waals surface area contributed by atoms with Crippen LogP contribution in [0, 0.1) is 0 Å². The molecule has 126 valence electrons. The van der Waals surface area contributed by atoms with Crippen LogP contribution in [0.5, 0.6) is 0 Å². The lowest BCUT2D eigenvalue weighted by Crippen LogP contribution is -2.35. The first-order valence-corrected chi connectivity index (χ1v) is 9.69. The molecule has 1 saturated heterocycles.